The van der Waals surface area contributed by atoms with Gasteiger partial charge in [-0.15, -0.1) is 16.9 Å². The molecule has 0 fully saturated rings. The second kappa shape index (κ2) is 10.2. The fourth-order valence-corrected chi connectivity index (χ4v) is 3.65. The average Bonchev–Trinajstić information content (AvgIpc) is 2.69. The van der Waals surface area contributed by atoms with Gasteiger partial charge in [0.05, 0.1) is 0 Å². The number of anilines is 1. The molecule has 1 heterocycles. The summed E-state index contributed by atoms with van der Waals surface area (Å²) in [7, 11) is 1.24. The Bertz CT molecular complexity index is 1060. The Labute approximate surface area is 186 Å². The van der Waals surface area contributed by atoms with Gasteiger partial charge in [-0.1, -0.05) is 12.1 Å². The summed E-state index contributed by atoms with van der Waals surface area (Å²) in [4.78, 5) is 36.4. The van der Waals surface area contributed by atoms with Crippen LogP contribution in [0.4, 0.5) is 19.0 Å². The highest BCUT2D eigenvalue weighted by molar-refractivity contribution is 8.01. The number of benzene rings is 1. The van der Waals surface area contributed by atoms with Crippen LogP contribution in [0.1, 0.15) is 32.3 Å². The predicted octanol–water partition coefficient (Wildman–Crippen LogP) is 2.89. The molecule has 0 aliphatic heterocycles. The normalized spacial score (nSPS) is 12.1. The van der Waals surface area contributed by atoms with E-state index in [-0.39, 0.29) is 18.8 Å². The lowest BCUT2D eigenvalue weighted by Gasteiger charge is -2.18. The molecule has 0 aliphatic carbocycles. The topological polar surface area (TPSA) is 106 Å². The summed E-state index contributed by atoms with van der Waals surface area (Å²) in [6.07, 6.45) is -5.20. The predicted molar refractivity (Wildman–Crippen MR) is 115 cm³/mol. The number of hydrogen-bond acceptors (Lipinski definition) is 6. The molecule has 2 N–H and O–H groups in total. The van der Waals surface area contributed by atoms with Crippen molar-refractivity contribution in [3.8, 4) is 0 Å². The van der Waals surface area contributed by atoms with E-state index in [1.807, 2.05) is 24.3 Å². The van der Waals surface area contributed by atoms with Crippen LogP contribution in [0.2, 0.25) is 0 Å². The third kappa shape index (κ3) is 7.14. The maximum Gasteiger partial charge on any atom is 0.389 e. The van der Waals surface area contributed by atoms with Crippen molar-refractivity contribution in [2.45, 2.75) is 55.5 Å². The lowest BCUT2D eigenvalue weighted by molar-refractivity contribution is -0.139. The van der Waals surface area contributed by atoms with Crippen LogP contribution in [0.25, 0.3) is 0 Å². The Morgan fingerprint density at radius 1 is 1.19 bits per heavy atom. The van der Waals surface area contributed by atoms with Gasteiger partial charge in [-0.05, 0) is 44.4 Å². The largest absolute Gasteiger partial charge is 0.480 e. The molecule has 0 amide bonds. The van der Waals surface area contributed by atoms with Crippen molar-refractivity contribution >= 4 is 23.5 Å². The minimum Gasteiger partial charge on any atom is -0.480 e. The first-order chi connectivity index (χ1) is 14.8. The first-order valence-corrected chi connectivity index (χ1v) is 10.6. The summed E-state index contributed by atoms with van der Waals surface area (Å²) in [5.74, 6) is -1.03. The molecule has 2 aromatic rings. The summed E-state index contributed by atoms with van der Waals surface area (Å²) < 4.78 is 37.7. The van der Waals surface area contributed by atoms with E-state index in [1.54, 1.807) is 13.8 Å². The van der Waals surface area contributed by atoms with Gasteiger partial charge in [0.1, 0.15) is 4.75 Å². The first-order valence-electron chi connectivity index (χ1n) is 9.80. The molecule has 0 aliphatic rings. The van der Waals surface area contributed by atoms with Crippen LogP contribution in [-0.4, -0.2) is 42.9 Å². The Balaban J connectivity index is 2.01. The zero-order valence-corrected chi connectivity index (χ0v) is 18.7. The lowest BCUT2D eigenvalue weighted by atomic mass is 10.1. The van der Waals surface area contributed by atoms with Crippen LogP contribution in [0.5, 0.6) is 0 Å². The highest BCUT2D eigenvalue weighted by Crippen LogP contribution is 2.32. The van der Waals surface area contributed by atoms with E-state index >= 15 is 0 Å². The zero-order chi connectivity index (χ0) is 24.1. The van der Waals surface area contributed by atoms with E-state index < -0.39 is 34.6 Å². The fourth-order valence-electron chi connectivity index (χ4n) is 2.70. The Kier molecular flexibility index (Phi) is 8.16. The van der Waals surface area contributed by atoms with Gasteiger partial charge in [0.2, 0.25) is 5.82 Å². The molecule has 1 aromatic carbocycles. The molecule has 0 spiro atoms. The van der Waals surface area contributed by atoms with E-state index in [0.717, 1.165) is 19.7 Å². The van der Waals surface area contributed by atoms with Gasteiger partial charge in [-0.3, -0.25) is 14.2 Å². The zero-order valence-electron chi connectivity index (χ0n) is 17.9. The number of rotatable bonds is 10. The SMILES string of the molecule is Cn1c(=O)c(NCCc2ccc(SC(C)(C)C(=O)O)cc2)nn(CCCC(F)(F)F)c1=O. The van der Waals surface area contributed by atoms with Gasteiger partial charge < -0.3 is 10.4 Å². The Morgan fingerprint density at radius 2 is 1.81 bits per heavy atom. The second-order valence-corrected chi connectivity index (χ2v) is 9.37. The van der Waals surface area contributed by atoms with Gasteiger partial charge in [-0.2, -0.15) is 13.2 Å². The van der Waals surface area contributed by atoms with Crippen molar-refractivity contribution in [1.82, 2.24) is 14.3 Å². The summed E-state index contributed by atoms with van der Waals surface area (Å²) >= 11 is 1.23. The Hall–Kier alpha value is -2.76. The number of carboxylic acids is 1. The van der Waals surface area contributed by atoms with Crippen molar-refractivity contribution in [3.63, 3.8) is 0 Å². The number of carbonyl (C=O) groups is 1. The van der Waals surface area contributed by atoms with Crippen molar-refractivity contribution < 1.29 is 23.1 Å². The van der Waals surface area contributed by atoms with Crippen molar-refractivity contribution in [2.24, 2.45) is 7.05 Å². The number of hydrogen-bond donors (Lipinski definition) is 2. The maximum atomic E-state index is 12.3. The third-order valence-electron chi connectivity index (χ3n) is 4.58. The van der Waals surface area contributed by atoms with E-state index in [0.29, 0.717) is 13.0 Å². The maximum absolute atomic E-state index is 12.3. The molecule has 0 unspecified atom stereocenters. The number of nitrogens with one attached hydrogen (secondary N) is 1. The smallest absolute Gasteiger partial charge is 0.389 e. The highest BCUT2D eigenvalue weighted by Gasteiger charge is 2.28. The minimum absolute atomic E-state index is 0.116. The van der Waals surface area contributed by atoms with Crippen LogP contribution in [-0.2, 0) is 24.8 Å². The molecule has 2 rings (SSSR count). The molecule has 32 heavy (non-hydrogen) atoms. The molecular formula is C20H25F3N4O4S. The molecule has 0 saturated carbocycles. The van der Waals surface area contributed by atoms with E-state index in [1.165, 1.54) is 18.8 Å². The monoisotopic (exact) mass is 474 g/mol. The molecular weight excluding hydrogens is 449 g/mol. The number of halogens is 3. The van der Waals surface area contributed by atoms with Crippen LogP contribution in [0.15, 0.2) is 38.8 Å². The van der Waals surface area contributed by atoms with Gasteiger partial charge in [0.15, 0.2) is 0 Å². The fraction of sp³-hybridized carbons (Fsp3) is 0.500. The van der Waals surface area contributed by atoms with Crippen molar-refractivity contribution in [2.75, 3.05) is 11.9 Å². The number of carboxylic acid groups (broad SMARTS) is 1. The third-order valence-corrected chi connectivity index (χ3v) is 5.78. The summed E-state index contributed by atoms with van der Waals surface area (Å²) in [5, 5.41) is 15.9. The molecule has 8 nitrogen and oxygen atoms in total. The molecule has 0 saturated heterocycles. The van der Waals surface area contributed by atoms with Crippen molar-refractivity contribution in [1.29, 1.82) is 0 Å². The van der Waals surface area contributed by atoms with Gasteiger partial charge in [-0.25, -0.2) is 9.48 Å². The molecule has 176 valence electrons. The van der Waals surface area contributed by atoms with E-state index in [9.17, 15) is 32.7 Å². The summed E-state index contributed by atoms with van der Waals surface area (Å²) in [6, 6.07) is 7.29. The average molecular weight is 475 g/mol. The first kappa shape index (κ1) is 25.5. The summed E-state index contributed by atoms with van der Waals surface area (Å²) in [5.41, 5.74) is -0.518. The number of aryl methyl sites for hydroxylation is 1. The molecule has 0 atom stereocenters. The quantitative estimate of drug-likeness (QED) is 0.510. The van der Waals surface area contributed by atoms with Crippen LogP contribution in [0, 0.1) is 0 Å². The van der Waals surface area contributed by atoms with E-state index in [2.05, 4.69) is 10.4 Å². The number of nitrogens with zero attached hydrogens (tertiary/aromatic N) is 3. The van der Waals surface area contributed by atoms with Gasteiger partial charge in [0.25, 0.3) is 5.56 Å². The number of thioether (sulfide) groups is 1. The van der Waals surface area contributed by atoms with Crippen LogP contribution < -0.4 is 16.6 Å². The van der Waals surface area contributed by atoms with Gasteiger partial charge >= 0.3 is 17.8 Å². The van der Waals surface area contributed by atoms with Crippen LogP contribution >= 0.6 is 11.8 Å². The molecule has 12 heteroatoms. The second-order valence-electron chi connectivity index (χ2n) is 7.68. The number of aromatic nitrogens is 3. The van der Waals surface area contributed by atoms with Gasteiger partial charge in [0, 0.05) is 31.5 Å². The molecule has 0 radical (unpaired) electrons. The highest BCUT2D eigenvalue weighted by atomic mass is 32.2. The number of aliphatic carboxylic acids is 1. The molecule has 1 aromatic heterocycles. The standard InChI is InChI=1S/C20H25F3N4O4S/c1-19(2,17(29)30)32-14-7-5-13(6-8-14)9-11-24-15-16(28)26(3)18(31)27(25-15)12-4-10-20(21,22)23/h5-8H,4,9-12H2,1-3H3,(H,24,25)(H,29,30). The van der Waals surface area contributed by atoms with Crippen LogP contribution in [0.3, 0.4) is 0 Å². The molecule has 0 bridgehead atoms. The number of alkyl halides is 3. The minimum atomic E-state index is -4.33. The van der Waals surface area contributed by atoms with Crippen molar-refractivity contribution in [3.05, 3.63) is 50.7 Å². The Morgan fingerprint density at radius 3 is 2.38 bits per heavy atom. The lowest BCUT2D eigenvalue weighted by Crippen LogP contribution is -2.41. The van der Waals surface area contributed by atoms with E-state index in [4.69, 9.17) is 0 Å². The summed E-state index contributed by atoms with van der Waals surface area (Å²) in [6.45, 7) is 3.28.